The van der Waals surface area contributed by atoms with Crippen LogP contribution in [-0.4, -0.2) is 18.8 Å². The maximum absolute atomic E-state index is 13.5. The summed E-state index contributed by atoms with van der Waals surface area (Å²) in [5.74, 6) is -0.168. The van der Waals surface area contributed by atoms with Crippen molar-refractivity contribution < 1.29 is 9.13 Å². The van der Waals surface area contributed by atoms with E-state index in [2.05, 4.69) is 19.2 Å². The second-order valence-electron chi connectivity index (χ2n) is 5.16. The molecular weight excluding hydrogens is 229 g/mol. The molecule has 0 spiro atoms. The minimum absolute atomic E-state index is 0.0920. The lowest BCUT2D eigenvalue weighted by atomic mass is 9.97. The van der Waals surface area contributed by atoms with E-state index in [0.29, 0.717) is 6.10 Å². The molecule has 0 aliphatic carbocycles. The highest BCUT2D eigenvalue weighted by Gasteiger charge is 2.30. The van der Waals surface area contributed by atoms with E-state index in [1.165, 1.54) is 0 Å². The standard InChI is InChI=1S/C15H22FNO/c1-4-17-15(14-6-5-11(3)18-14)12-7-10(2)8-13(16)9-12/h7-9,11,14-15,17H,4-6H2,1-3H3. The molecule has 3 unspecified atom stereocenters. The third-order valence-corrected chi connectivity index (χ3v) is 3.48. The minimum Gasteiger partial charge on any atom is -0.373 e. The molecule has 1 aliphatic rings. The molecule has 1 aromatic rings. The van der Waals surface area contributed by atoms with Crippen molar-refractivity contribution >= 4 is 0 Å². The highest BCUT2D eigenvalue weighted by Crippen LogP contribution is 2.30. The van der Waals surface area contributed by atoms with Crippen molar-refractivity contribution in [1.29, 1.82) is 0 Å². The van der Waals surface area contributed by atoms with Gasteiger partial charge in [-0.3, -0.25) is 0 Å². The van der Waals surface area contributed by atoms with Gasteiger partial charge in [-0.2, -0.15) is 0 Å². The summed E-state index contributed by atoms with van der Waals surface area (Å²) in [6.45, 7) is 6.94. The molecule has 1 aromatic carbocycles. The Hall–Kier alpha value is -0.930. The highest BCUT2D eigenvalue weighted by molar-refractivity contribution is 5.27. The van der Waals surface area contributed by atoms with Gasteiger partial charge in [0.1, 0.15) is 5.82 Å². The number of nitrogens with one attached hydrogen (secondary N) is 1. The lowest BCUT2D eigenvalue weighted by Crippen LogP contribution is -2.32. The van der Waals surface area contributed by atoms with Gasteiger partial charge in [0.2, 0.25) is 0 Å². The first-order chi connectivity index (χ1) is 8.60. The maximum atomic E-state index is 13.5. The average Bonchev–Trinajstić information content (AvgIpc) is 2.71. The Morgan fingerprint density at radius 2 is 2.17 bits per heavy atom. The second-order valence-corrected chi connectivity index (χ2v) is 5.16. The zero-order valence-corrected chi connectivity index (χ0v) is 11.4. The first-order valence-electron chi connectivity index (χ1n) is 6.76. The minimum atomic E-state index is -0.168. The molecule has 3 atom stereocenters. The topological polar surface area (TPSA) is 21.3 Å². The summed E-state index contributed by atoms with van der Waals surface area (Å²) >= 11 is 0. The van der Waals surface area contributed by atoms with Gasteiger partial charge in [-0.05, 0) is 56.5 Å². The fourth-order valence-corrected chi connectivity index (χ4v) is 2.71. The van der Waals surface area contributed by atoms with E-state index < -0.39 is 0 Å². The van der Waals surface area contributed by atoms with Crippen LogP contribution in [0.4, 0.5) is 4.39 Å². The van der Waals surface area contributed by atoms with Crippen LogP contribution in [0.25, 0.3) is 0 Å². The number of aryl methyl sites for hydroxylation is 1. The lowest BCUT2D eigenvalue weighted by molar-refractivity contribution is 0.0319. The first-order valence-corrected chi connectivity index (χ1v) is 6.76. The Labute approximate surface area is 109 Å². The first kappa shape index (κ1) is 13.5. The van der Waals surface area contributed by atoms with E-state index in [4.69, 9.17) is 4.74 Å². The number of rotatable bonds is 4. The molecule has 2 rings (SSSR count). The third kappa shape index (κ3) is 3.09. The van der Waals surface area contributed by atoms with Crippen LogP contribution in [0, 0.1) is 12.7 Å². The molecular formula is C15H22FNO. The molecule has 0 radical (unpaired) electrons. The van der Waals surface area contributed by atoms with E-state index in [1.54, 1.807) is 12.1 Å². The summed E-state index contributed by atoms with van der Waals surface area (Å²) in [7, 11) is 0. The Balaban J connectivity index is 2.23. The van der Waals surface area contributed by atoms with Gasteiger partial charge in [0.25, 0.3) is 0 Å². The smallest absolute Gasteiger partial charge is 0.123 e. The van der Waals surface area contributed by atoms with Gasteiger partial charge in [-0.1, -0.05) is 13.0 Å². The summed E-state index contributed by atoms with van der Waals surface area (Å²) in [4.78, 5) is 0. The van der Waals surface area contributed by atoms with E-state index in [0.717, 1.165) is 30.5 Å². The Bertz CT molecular complexity index is 387. The predicted molar refractivity (Wildman–Crippen MR) is 71.1 cm³/mol. The molecule has 2 nitrogen and oxygen atoms in total. The van der Waals surface area contributed by atoms with Crippen molar-refractivity contribution in [2.75, 3.05) is 6.54 Å². The molecule has 1 N–H and O–H groups in total. The van der Waals surface area contributed by atoms with Crippen molar-refractivity contribution in [2.45, 2.75) is 51.9 Å². The van der Waals surface area contributed by atoms with Crippen LogP contribution in [0.2, 0.25) is 0 Å². The summed E-state index contributed by atoms with van der Waals surface area (Å²) in [6.07, 6.45) is 2.59. The van der Waals surface area contributed by atoms with E-state index in [-0.39, 0.29) is 18.0 Å². The Kier molecular flexibility index (Phi) is 4.36. The van der Waals surface area contributed by atoms with Crippen molar-refractivity contribution in [3.63, 3.8) is 0 Å². The number of benzene rings is 1. The molecule has 0 saturated carbocycles. The quantitative estimate of drug-likeness (QED) is 0.886. The van der Waals surface area contributed by atoms with Crippen molar-refractivity contribution in [2.24, 2.45) is 0 Å². The van der Waals surface area contributed by atoms with Crippen molar-refractivity contribution in [1.82, 2.24) is 5.32 Å². The van der Waals surface area contributed by atoms with Crippen molar-refractivity contribution in [3.8, 4) is 0 Å². The molecule has 0 amide bonds. The molecule has 1 fully saturated rings. The normalized spacial score (nSPS) is 25.3. The molecule has 0 aromatic heterocycles. The number of ether oxygens (including phenoxy) is 1. The molecule has 18 heavy (non-hydrogen) atoms. The number of halogens is 1. The van der Waals surface area contributed by atoms with Crippen LogP contribution in [0.5, 0.6) is 0 Å². The monoisotopic (exact) mass is 251 g/mol. The Morgan fingerprint density at radius 3 is 2.72 bits per heavy atom. The van der Waals surface area contributed by atoms with Gasteiger partial charge < -0.3 is 10.1 Å². The van der Waals surface area contributed by atoms with Crippen LogP contribution < -0.4 is 5.32 Å². The number of likely N-dealkylation sites (N-methyl/N-ethyl adjacent to an activating group) is 1. The lowest BCUT2D eigenvalue weighted by Gasteiger charge is -2.25. The van der Waals surface area contributed by atoms with Crippen molar-refractivity contribution in [3.05, 3.63) is 35.1 Å². The summed E-state index contributed by atoms with van der Waals surface area (Å²) < 4.78 is 19.4. The fraction of sp³-hybridized carbons (Fsp3) is 0.600. The van der Waals surface area contributed by atoms with E-state index >= 15 is 0 Å². The average molecular weight is 251 g/mol. The van der Waals surface area contributed by atoms with Crippen LogP contribution in [-0.2, 0) is 4.74 Å². The van der Waals surface area contributed by atoms with Crippen LogP contribution in [0.1, 0.15) is 43.9 Å². The van der Waals surface area contributed by atoms with Crippen LogP contribution in [0.3, 0.4) is 0 Å². The summed E-state index contributed by atoms with van der Waals surface area (Å²) in [5, 5.41) is 3.42. The molecule has 0 bridgehead atoms. The zero-order valence-electron chi connectivity index (χ0n) is 11.4. The number of hydrogen-bond acceptors (Lipinski definition) is 2. The SMILES string of the molecule is CCNC(c1cc(C)cc(F)c1)C1CCC(C)O1. The highest BCUT2D eigenvalue weighted by atomic mass is 19.1. The third-order valence-electron chi connectivity index (χ3n) is 3.48. The van der Waals surface area contributed by atoms with E-state index in [9.17, 15) is 4.39 Å². The molecule has 1 aliphatic heterocycles. The predicted octanol–water partition coefficient (Wildman–Crippen LogP) is 3.35. The molecule has 100 valence electrons. The molecule has 3 heteroatoms. The maximum Gasteiger partial charge on any atom is 0.123 e. The van der Waals surface area contributed by atoms with Gasteiger partial charge in [0, 0.05) is 0 Å². The zero-order chi connectivity index (χ0) is 13.1. The second kappa shape index (κ2) is 5.81. The van der Waals surface area contributed by atoms with E-state index in [1.807, 2.05) is 13.0 Å². The number of hydrogen-bond donors (Lipinski definition) is 1. The van der Waals surface area contributed by atoms with Gasteiger partial charge in [-0.25, -0.2) is 4.39 Å². The van der Waals surface area contributed by atoms with Gasteiger partial charge >= 0.3 is 0 Å². The summed E-state index contributed by atoms with van der Waals surface area (Å²) in [5.41, 5.74) is 1.95. The van der Waals surface area contributed by atoms with Crippen LogP contribution in [0.15, 0.2) is 18.2 Å². The summed E-state index contributed by atoms with van der Waals surface area (Å²) in [6, 6.07) is 5.31. The largest absolute Gasteiger partial charge is 0.373 e. The van der Waals surface area contributed by atoms with Gasteiger partial charge in [0.15, 0.2) is 0 Å². The molecule has 1 saturated heterocycles. The Morgan fingerprint density at radius 1 is 1.39 bits per heavy atom. The van der Waals surface area contributed by atoms with Crippen LogP contribution >= 0.6 is 0 Å². The molecule has 1 heterocycles. The van der Waals surface area contributed by atoms with Gasteiger partial charge in [-0.15, -0.1) is 0 Å². The van der Waals surface area contributed by atoms with Gasteiger partial charge in [0.05, 0.1) is 18.2 Å². The fourth-order valence-electron chi connectivity index (χ4n) is 2.71.